The summed E-state index contributed by atoms with van der Waals surface area (Å²) in [7, 11) is 0. The first-order valence-corrected chi connectivity index (χ1v) is 4.78. The minimum Gasteiger partial charge on any atom is -0.302 e. The molecule has 0 fully saturated rings. The summed E-state index contributed by atoms with van der Waals surface area (Å²) in [4.78, 5) is 24.1. The lowest BCUT2D eigenvalue weighted by Crippen LogP contribution is -2.31. The summed E-state index contributed by atoms with van der Waals surface area (Å²) in [6.07, 6.45) is 0. The summed E-state index contributed by atoms with van der Waals surface area (Å²) in [6, 6.07) is 2.23. The van der Waals surface area contributed by atoms with Crippen LogP contribution in [0, 0.1) is 12.7 Å². The van der Waals surface area contributed by atoms with Crippen molar-refractivity contribution in [3.8, 4) is 0 Å². The van der Waals surface area contributed by atoms with Gasteiger partial charge in [0.05, 0.1) is 17.8 Å². The first-order valence-electron chi connectivity index (χ1n) is 4.78. The van der Waals surface area contributed by atoms with Crippen molar-refractivity contribution in [1.29, 1.82) is 0 Å². The third kappa shape index (κ3) is 1.39. The lowest BCUT2D eigenvalue weighted by Gasteiger charge is -2.16. The standard InChI is InChI=1S/C11H9F2NO2/c1-6-4-7(13)5-8-9(6)14(3-2-12)11(16)10(8)15/h4-5H,2-3H2,1H3. The minimum atomic E-state index is -0.790. The predicted molar refractivity (Wildman–Crippen MR) is 53.8 cm³/mol. The van der Waals surface area contributed by atoms with Gasteiger partial charge in [-0.05, 0) is 24.6 Å². The second-order valence-corrected chi connectivity index (χ2v) is 3.59. The normalized spacial score (nSPS) is 14.6. The van der Waals surface area contributed by atoms with E-state index in [1.54, 1.807) is 6.92 Å². The maximum Gasteiger partial charge on any atom is 0.299 e. The number of rotatable bonds is 2. The van der Waals surface area contributed by atoms with E-state index in [2.05, 4.69) is 0 Å². The van der Waals surface area contributed by atoms with Gasteiger partial charge in [0.15, 0.2) is 0 Å². The number of ketones is 1. The Hall–Kier alpha value is -1.78. The van der Waals surface area contributed by atoms with E-state index in [4.69, 9.17) is 0 Å². The van der Waals surface area contributed by atoms with Gasteiger partial charge in [0.2, 0.25) is 0 Å². The Labute approximate surface area is 90.7 Å². The van der Waals surface area contributed by atoms with Crippen LogP contribution in [0.3, 0.4) is 0 Å². The third-order valence-corrected chi connectivity index (χ3v) is 2.53. The molecule has 1 aromatic rings. The second kappa shape index (κ2) is 3.66. The molecule has 1 aliphatic rings. The van der Waals surface area contributed by atoms with Crippen molar-refractivity contribution >= 4 is 17.4 Å². The summed E-state index contributed by atoms with van der Waals surface area (Å²) in [6.45, 7) is 0.665. The van der Waals surface area contributed by atoms with Gasteiger partial charge in [-0.2, -0.15) is 0 Å². The molecule has 1 heterocycles. The molecular weight excluding hydrogens is 216 g/mol. The molecule has 1 aromatic carbocycles. The van der Waals surface area contributed by atoms with E-state index in [0.29, 0.717) is 11.3 Å². The zero-order valence-corrected chi connectivity index (χ0v) is 8.59. The maximum absolute atomic E-state index is 13.1. The first-order chi connectivity index (χ1) is 7.56. The molecule has 1 amide bonds. The fourth-order valence-corrected chi connectivity index (χ4v) is 1.90. The number of fused-ring (bicyclic) bond motifs is 1. The number of aryl methyl sites for hydroxylation is 1. The molecule has 0 aliphatic carbocycles. The molecule has 0 radical (unpaired) electrons. The number of amides is 1. The molecule has 0 saturated carbocycles. The Morgan fingerprint density at radius 2 is 2.00 bits per heavy atom. The highest BCUT2D eigenvalue weighted by atomic mass is 19.1. The molecular formula is C11H9F2NO2. The van der Waals surface area contributed by atoms with Gasteiger partial charge in [0.25, 0.3) is 11.7 Å². The largest absolute Gasteiger partial charge is 0.302 e. The molecule has 0 unspecified atom stereocenters. The summed E-state index contributed by atoms with van der Waals surface area (Å²) in [5.41, 5.74) is 0.813. The number of carbonyl (C=O) groups excluding carboxylic acids is 2. The molecule has 0 saturated heterocycles. The van der Waals surface area contributed by atoms with Crippen molar-refractivity contribution in [2.45, 2.75) is 6.92 Å². The highest BCUT2D eigenvalue weighted by Crippen LogP contribution is 2.32. The lowest BCUT2D eigenvalue weighted by molar-refractivity contribution is -0.114. The van der Waals surface area contributed by atoms with Crippen LogP contribution in [0.15, 0.2) is 12.1 Å². The van der Waals surface area contributed by atoms with Crippen molar-refractivity contribution in [3.05, 3.63) is 29.1 Å². The highest BCUT2D eigenvalue weighted by molar-refractivity contribution is 6.52. The number of halogens is 2. The number of hydrogen-bond acceptors (Lipinski definition) is 2. The van der Waals surface area contributed by atoms with E-state index in [1.807, 2.05) is 0 Å². The van der Waals surface area contributed by atoms with Crippen LogP contribution in [0.25, 0.3) is 0 Å². The van der Waals surface area contributed by atoms with Crippen molar-refractivity contribution in [2.24, 2.45) is 0 Å². The molecule has 0 atom stereocenters. The molecule has 0 N–H and O–H groups in total. The first kappa shape index (κ1) is 10.7. The Morgan fingerprint density at radius 1 is 1.31 bits per heavy atom. The predicted octanol–water partition coefficient (Wildman–Crippen LogP) is 1.63. The molecule has 0 aromatic heterocycles. The quantitative estimate of drug-likeness (QED) is 0.717. The van der Waals surface area contributed by atoms with Crippen LogP contribution in [0.4, 0.5) is 14.5 Å². The van der Waals surface area contributed by atoms with Gasteiger partial charge < -0.3 is 4.90 Å². The SMILES string of the molecule is Cc1cc(F)cc2c1N(CCF)C(=O)C2=O. The number of carbonyl (C=O) groups is 2. The number of anilines is 1. The zero-order valence-electron chi connectivity index (χ0n) is 8.59. The van der Waals surface area contributed by atoms with Crippen LogP contribution in [0.1, 0.15) is 15.9 Å². The maximum atomic E-state index is 13.1. The second-order valence-electron chi connectivity index (χ2n) is 3.59. The topological polar surface area (TPSA) is 37.4 Å². The van der Waals surface area contributed by atoms with E-state index in [9.17, 15) is 18.4 Å². The summed E-state index contributed by atoms with van der Waals surface area (Å²) in [5, 5.41) is 0. The Balaban J connectivity index is 2.60. The van der Waals surface area contributed by atoms with Crippen LogP contribution in [-0.2, 0) is 4.79 Å². The fraction of sp³-hybridized carbons (Fsp3) is 0.273. The van der Waals surface area contributed by atoms with Gasteiger partial charge in [-0.25, -0.2) is 8.78 Å². The Bertz CT molecular complexity index is 485. The van der Waals surface area contributed by atoms with E-state index in [1.165, 1.54) is 6.07 Å². The molecule has 16 heavy (non-hydrogen) atoms. The number of nitrogens with zero attached hydrogens (tertiary/aromatic N) is 1. The Kier molecular flexibility index (Phi) is 2.46. The van der Waals surface area contributed by atoms with Crippen molar-refractivity contribution in [3.63, 3.8) is 0 Å². The monoisotopic (exact) mass is 225 g/mol. The van der Waals surface area contributed by atoms with Crippen LogP contribution < -0.4 is 4.90 Å². The molecule has 0 spiro atoms. The third-order valence-electron chi connectivity index (χ3n) is 2.53. The van der Waals surface area contributed by atoms with Crippen LogP contribution in [0.2, 0.25) is 0 Å². The number of Topliss-reactive ketones (excluding diaryl/α,β-unsaturated/α-hetero) is 1. The van der Waals surface area contributed by atoms with E-state index in [-0.39, 0.29) is 12.1 Å². The lowest BCUT2D eigenvalue weighted by atomic mass is 10.1. The van der Waals surface area contributed by atoms with Gasteiger partial charge >= 0.3 is 0 Å². The van der Waals surface area contributed by atoms with Crippen molar-refractivity contribution < 1.29 is 18.4 Å². The van der Waals surface area contributed by atoms with Crippen LogP contribution >= 0.6 is 0 Å². The molecule has 84 valence electrons. The highest BCUT2D eigenvalue weighted by Gasteiger charge is 2.37. The van der Waals surface area contributed by atoms with Crippen molar-refractivity contribution in [1.82, 2.24) is 0 Å². The minimum absolute atomic E-state index is 0.0240. The van der Waals surface area contributed by atoms with Gasteiger partial charge in [0, 0.05) is 0 Å². The Morgan fingerprint density at radius 3 is 2.62 bits per heavy atom. The van der Waals surface area contributed by atoms with Crippen LogP contribution in [0.5, 0.6) is 0 Å². The van der Waals surface area contributed by atoms with Gasteiger partial charge in [-0.3, -0.25) is 9.59 Å². The average Bonchev–Trinajstić information content (AvgIpc) is 2.44. The fourth-order valence-electron chi connectivity index (χ4n) is 1.90. The smallest absolute Gasteiger partial charge is 0.299 e. The molecule has 0 bridgehead atoms. The molecule has 2 rings (SSSR count). The zero-order chi connectivity index (χ0) is 11.9. The van der Waals surface area contributed by atoms with E-state index < -0.39 is 24.2 Å². The van der Waals surface area contributed by atoms with E-state index >= 15 is 0 Å². The summed E-state index contributed by atoms with van der Waals surface area (Å²) >= 11 is 0. The van der Waals surface area contributed by atoms with E-state index in [0.717, 1.165) is 11.0 Å². The van der Waals surface area contributed by atoms with Gasteiger partial charge in [-0.15, -0.1) is 0 Å². The van der Waals surface area contributed by atoms with Gasteiger partial charge in [0.1, 0.15) is 12.5 Å². The van der Waals surface area contributed by atoms with Crippen LogP contribution in [-0.4, -0.2) is 24.9 Å². The number of hydrogen-bond donors (Lipinski definition) is 0. The molecule has 3 nitrogen and oxygen atoms in total. The van der Waals surface area contributed by atoms with Crippen molar-refractivity contribution in [2.75, 3.05) is 18.1 Å². The molecule has 1 aliphatic heterocycles. The molecule has 5 heteroatoms. The number of alkyl halides is 1. The average molecular weight is 225 g/mol. The summed E-state index contributed by atoms with van der Waals surface area (Å²) in [5.74, 6) is -2.13. The number of benzene rings is 1. The summed E-state index contributed by atoms with van der Waals surface area (Å²) < 4.78 is 25.4. The van der Waals surface area contributed by atoms with Gasteiger partial charge in [-0.1, -0.05) is 0 Å².